The van der Waals surface area contributed by atoms with Gasteiger partial charge in [0.1, 0.15) is 0 Å². The molecule has 1 fully saturated rings. The maximum absolute atomic E-state index is 6.00. The summed E-state index contributed by atoms with van der Waals surface area (Å²) in [5.74, 6) is 4.27. The van der Waals surface area contributed by atoms with Gasteiger partial charge in [-0.15, -0.1) is 6.42 Å². The molecule has 0 N–H and O–H groups in total. The highest BCUT2D eigenvalue weighted by Crippen LogP contribution is 2.49. The van der Waals surface area contributed by atoms with E-state index in [2.05, 4.69) is 122 Å². The van der Waals surface area contributed by atoms with Gasteiger partial charge in [0.05, 0.1) is 5.41 Å². The van der Waals surface area contributed by atoms with Gasteiger partial charge in [0.2, 0.25) is 0 Å². The fraction of sp³-hybridized carbons (Fsp3) is 0.421. The van der Waals surface area contributed by atoms with Gasteiger partial charge in [0, 0.05) is 5.92 Å². The highest BCUT2D eigenvalue weighted by Gasteiger charge is 2.43. The van der Waals surface area contributed by atoms with E-state index in [4.69, 9.17) is 6.42 Å². The molecule has 4 rings (SSSR count). The summed E-state index contributed by atoms with van der Waals surface area (Å²) in [6.45, 7) is 24.8. The van der Waals surface area contributed by atoms with Crippen LogP contribution < -0.4 is 0 Å². The van der Waals surface area contributed by atoms with Crippen LogP contribution in [0.15, 0.2) is 78.9 Å². The van der Waals surface area contributed by atoms with Gasteiger partial charge in [0.15, 0.2) is 0 Å². The largest absolute Gasteiger partial charge is 0.119 e. The molecule has 1 saturated carbocycles. The van der Waals surface area contributed by atoms with Crippen LogP contribution in [0.3, 0.4) is 0 Å². The summed E-state index contributed by atoms with van der Waals surface area (Å²) >= 11 is 0. The molecule has 2 atom stereocenters. The second-order valence-electron chi connectivity index (χ2n) is 13.4. The first-order valence-electron chi connectivity index (χ1n) is 14.3. The topological polar surface area (TPSA) is 0 Å². The number of allylic oxidation sites excluding steroid dienone is 6. The molecule has 198 valence electrons. The molecule has 0 saturated heterocycles. The first kappa shape index (κ1) is 28.0. The Bertz CT molecular complexity index is 1320. The Morgan fingerprint density at radius 3 is 2.24 bits per heavy atom. The van der Waals surface area contributed by atoms with Gasteiger partial charge in [-0.1, -0.05) is 120 Å². The standard InChI is InChI=1S/C38H46/c1-11-38(16-17-38)34-22-30(24-37(8,9)10)21-33(23-34)27(5)20-28(6)35-18-26(4)19-36(35)32-14-12-31(13-15-32)29(7)25(2)3/h1,12-15,18-19,21-23,25,28,36H,5,7,16-17,20,24H2,2-4,6,8-10H3/t28-,36?/m1/s1. The highest BCUT2D eigenvalue weighted by atomic mass is 14.4. The molecule has 38 heavy (non-hydrogen) atoms. The molecular weight excluding hydrogens is 456 g/mol. The monoisotopic (exact) mass is 502 g/mol. The van der Waals surface area contributed by atoms with Crippen LogP contribution >= 0.6 is 0 Å². The van der Waals surface area contributed by atoms with Crippen LogP contribution in [-0.2, 0) is 11.8 Å². The van der Waals surface area contributed by atoms with Gasteiger partial charge in [-0.2, -0.15) is 0 Å². The van der Waals surface area contributed by atoms with E-state index in [-0.39, 0.29) is 10.8 Å². The Kier molecular flexibility index (Phi) is 7.81. The lowest BCUT2D eigenvalue weighted by Crippen LogP contribution is -2.12. The van der Waals surface area contributed by atoms with Crippen molar-refractivity contribution in [2.24, 2.45) is 17.3 Å². The summed E-state index contributed by atoms with van der Waals surface area (Å²) in [6, 6.07) is 16.1. The van der Waals surface area contributed by atoms with Crippen molar-refractivity contribution >= 4 is 11.1 Å². The van der Waals surface area contributed by atoms with Crippen molar-refractivity contribution in [2.75, 3.05) is 0 Å². The molecule has 2 aromatic rings. The van der Waals surface area contributed by atoms with Crippen molar-refractivity contribution in [3.8, 4) is 12.3 Å². The normalized spacial score (nSPS) is 19.0. The lowest BCUT2D eigenvalue weighted by molar-refractivity contribution is 0.411. The molecule has 2 aromatic carbocycles. The summed E-state index contributed by atoms with van der Waals surface area (Å²) in [4.78, 5) is 0. The third kappa shape index (κ3) is 6.15. The Morgan fingerprint density at radius 1 is 1.03 bits per heavy atom. The maximum Gasteiger partial charge on any atom is 0.0561 e. The van der Waals surface area contributed by atoms with Crippen LogP contribution in [0.2, 0.25) is 0 Å². The minimum atomic E-state index is -0.0678. The van der Waals surface area contributed by atoms with Crippen LogP contribution in [0.25, 0.3) is 11.1 Å². The Hall–Kier alpha value is -3.04. The molecule has 0 nitrogen and oxygen atoms in total. The Balaban J connectivity index is 1.56. The number of hydrogen-bond acceptors (Lipinski definition) is 0. The second kappa shape index (κ2) is 10.6. The van der Waals surface area contributed by atoms with E-state index in [1.165, 1.54) is 50.1 Å². The summed E-state index contributed by atoms with van der Waals surface area (Å²) in [5, 5.41) is 0. The summed E-state index contributed by atoms with van der Waals surface area (Å²) in [6.07, 6.45) is 15.0. The minimum absolute atomic E-state index is 0.0678. The number of rotatable bonds is 9. The second-order valence-corrected chi connectivity index (χ2v) is 13.4. The van der Waals surface area contributed by atoms with Crippen LogP contribution in [-0.4, -0.2) is 0 Å². The van der Waals surface area contributed by atoms with Crippen LogP contribution in [0.4, 0.5) is 0 Å². The molecule has 0 amide bonds. The fourth-order valence-electron chi connectivity index (χ4n) is 5.87. The average molecular weight is 503 g/mol. The van der Waals surface area contributed by atoms with Gasteiger partial charge in [0.25, 0.3) is 0 Å². The van der Waals surface area contributed by atoms with E-state index < -0.39 is 0 Å². The van der Waals surface area contributed by atoms with E-state index in [0.717, 1.165) is 25.7 Å². The zero-order chi connectivity index (χ0) is 27.8. The lowest BCUT2D eigenvalue weighted by atomic mass is 9.80. The molecule has 0 bridgehead atoms. The van der Waals surface area contributed by atoms with Crippen molar-refractivity contribution in [3.63, 3.8) is 0 Å². The van der Waals surface area contributed by atoms with Gasteiger partial charge >= 0.3 is 0 Å². The number of hydrogen-bond donors (Lipinski definition) is 0. The van der Waals surface area contributed by atoms with Crippen molar-refractivity contribution in [2.45, 2.75) is 85.5 Å². The maximum atomic E-state index is 6.00. The molecule has 0 spiro atoms. The Labute approximate surface area is 232 Å². The zero-order valence-corrected chi connectivity index (χ0v) is 24.7. The molecule has 1 unspecified atom stereocenters. The predicted molar refractivity (Wildman–Crippen MR) is 167 cm³/mol. The molecule has 0 heterocycles. The first-order valence-corrected chi connectivity index (χ1v) is 14.3. The molecule has 2 aliphatic carbocycles. The predicted octanol–water partition coefficient (Wildman–Crippen LogP) is 10.3. The average Bonchev–Trinajstić information content (AvgIpc) is 3.56. The molecule has 0 aromatic heterocycles. The Morgan fingerprint density at radius 2 is 1.68 bits per heavy atom. The van der Waals surface area contributed by atoms with E-state index in [1.54, 1.807) is 0 Å². The van der Waals surface area contributed by atoms with E-state index in [1.807, 2.05) is 0 Å². The molecule has 0 radical (unpaired) electrons. The minimum Gasteiger partial charge on any atom is -0.119 e. The van der Waals surface area contributed by atoms with E-state index >= 15 is 0 Å². The van der Waals surface area contributed by atoms with Gasteiger partial charge < -0.3 is 0 Å². The third-order valence-corrected chi connectivity index (χ3v) is 8.36. The van der Waals surface area contributed by atoms with Gasteiger partial charge in [-0.05, 0) is 94.9 Å². The first-order chi connectivity index (χ1) is 17.8. The number of terminal acetylenes is 1. The molecule has 2 aliphatic rings. The van der Waals surface area contributed by atoms with E-state index in [0.29, 0.717) is 17.8 Å². The fourth-order valence-corrected chi connectivity index (χ4v) is 5.87. The van der Waals surface area contributed by atoms with Gasteiger partial charge in [-0.3, -0.25) is 0 Å². The molecule has 0 aliphatic heterocycles. The SMILES string of the molecule is C#CC1(c2cc(CC(C)(C)C)cc(C(=C)C[C@@H](C)C3=CC(C)=CC3c3ccc(C(=C)C(C)C)cc3)c2)CC1. The van der Waals surface area contributed by atoms with Crippen LogP contribution in [0.1, 0.15) is 101 Å². The van der Waals surface area contributed by atoms with Crippen LogP contribution in [0, 0.1) is 29.6 Å². The molecule has 0 heteroatoms. The van der Waals surface area contributed by atoms with Crippen molar-refractivity contribution in [3.05, 3.63) is 107 Å². The smallest absolute Gasteiger partial charge is 0.0561 e. The van der Waals surface area contributed by atoms with Crippen molar-refractivity contribution in [1.82, 2.24) is 0 Å². The zero-order valence-electron chi connectivity index (χ0n) is 24.7. The summed E-state index contributed by atoms with van der Waals surface area (Å²) < 4.78 is 0. The van der Waals surface area contributed by atoms with Crippen LogP contribution in [0.5, 0.6) is 0 Å². The number of benzene rings is 2. The van der Waals surface area contributed by atoms with Crippen molar-refractivity contribution in [1.29, 1.82) is 0 Å². The lowest BCUT2D eigenvalue weighted by Gasteiger charge is -2.24. The van der Waals surface area contributed by atoms with Gasteiger partial charge in [-0.25, -0.2) is 0 Å². The quantitative estimate of drug-likeness (QED) is 0.299. The highest BCUT2D eigenvalue weighted by molar-refractivity contribution is 5.67. The summed E-state index contributed by atoms with van der Waals surface area (Å²) in [5.41, 5.74) is 11.9. The summed E-state index contributed by atoms with van der Waals surface area (Å²) in [7, 11) is 0. The van der Waals surface area contributed by atoms with E-state index in [9.17, 15) is 0 Å². The third-order valence-electron chi connectivity index (χ3n) is 8.36. The van der Waals surface area contributed by atoms with Crippen molar-refractivity contribution < 1.29 is 0 Å². The molecular formula is C38H46.